The molecule has 15 heavy (non-hydrogen) atoms. The molecule has 3 unspecified atom stereocenters. The molecular weight excluding hydrogens is 212 g/mol. The molecule has 1 rings (SSSR count). The predicted molar refractivity (Wildman–Crippen MR) is 65.6 cm³/mol. The van der Waals surface area contributed by atoms with E-state index in [0.29, 0.717) is 12.6 Å². The smallest absolute Gasteiger partial charge is 0.0647 e. The van der Waals surface area contributed by atoms with Crippen molar-refractivity contribution in [3.63, 3.8) is 0 Å². The molecule has 1 fully saturated rings. The van der Waals surface area contributed by atoms with E-state index >= 15 is 0 Å². The first-order valence-electron chi connectivity index (χ1n) is 5.13. The molecule has 1 aliphatic rings. The second-order valence-corrected chi connectivity index (χ2v) is 6.96. The maximum absolute atomic E-state index is 11.9. The Hall–Kier alpha value is -0.100. The second kappa shape index (κ2) is 4.82. The standard InChI is InChI=1S/C10H22N2O2S/c1-11(2)9-6-7-14-8-10(9)12(3)15(4,5)13/h9-10H,4,6-8H2,1-3,5H3. The Bertz CT molecular complexity index is 301. The van der Waals surface area contributed by atoms with Crippen LogP contribution >= 0.6 is 0 Å². The average Bonchev–Trinajstić information content (AvgIpc) is 2.15. The molecule has 0 aromatic heterocycles. The van der Waals surface area contributed by atoms with Gasteiger partial charge in [-0.3, -0.25) is 4.21 Å². The first-order chi connectivity index (χ1) is 6.84. The van der Waals surface area contributed by atoms with Crippen LogP contribution < -0.4 is 0 Å². The molecule has 1 aliphatic heterocycles. The van der Waals surface area contributed by atoms with E-state index in [4.69, 9.17) is 4.74 Å². The third-order valence-electron chi connectivity index (χ3n) is 3.03. The molecule has 1 saturated heterocycles. The minimum Gasteiger partial charge on any atom is -0.380 e. The van der Waals surface area contributed by atoms with Crippen LogP contribution in [0.25, 0.3) is 0 Å². The quantitative estimate of drug-likeness (QED) is 0.639. The van der Waals surface area contributed by atoms with Crippen molar-refractivity contribution in [2.75, 3.05) is 40.6 Å². The van der Waals surface area contributed by atoms with Gasteiger partial charge in [-0.15, -0.1) is 0 Å². The summed E-state index contributed by atoms with van der Waals surface area (Å²) in [5.41, 5.74) is 0. The van der Waals surface area contributed by atoms with Gasteiger partial charge >= 0.3 is 0 Å². The summed E-state index contributed by atoms with van der Waals surface area (Å²) in [5.74, 6) is 3.72. The Morgan fingerprint density at radius 1 is 1.33 bits per heavy atom. The van der Waals surface area contributed by atoms with Crippen LogP contribution in [0.4, 0.5) is 0 Å². The molecule has 0 N–H and O–H groups in total. The Labute approximate surface area is 93.3 Å². The predicted octanol–water partition coefficient (Wildman–Crippen LogP) is -0.101. The lowest BCUT2D eigenvalue weighted by Gasteiger charge is -2.41. The monoisotopic (exact) mass is 234 g/mol. The number of likely N-dealkylation sites (N-methyl/N-ethyl adjacent to an activating group) is 2. The molecule has 0 saturated carbocycles. The number of rotatable bonds is 3. The van der Waals surface area contributed by atoms with Gasteiger partial charge in [0, 0.05) is 28.6 Å². The lowest BCUT2D eigenvalue weighted by atomic mass is 10.0. The van der Waals surface area contributed by atoms with Gasteiger partial charge in [-0.2, -0.15) is 0 Å². The molecule has 0 radical (unpaired) electrons. The van der Waals surface area contributed by atoms with Crippen LogP contribution in [0.3, 0.4) is 0 Å². The number of hydrogen-bond donors (Lipinski definition) is 0. The van der Waals surface area contributed by atoms with E-state index in [1.165, 1.54) is 0 Å². The highest BCUT2D eigenvalue weighted by atomic mass is 32.2. The van der Waals surface area contributed by atoms with Gasteiger partial charge in [-0.1, -0.05) is 0 Å². The SMILES string of the molecule is C=S(C)(=O)N(C)C1COCCC1N(C)C. The van der Waals surface area contributed by atoms with E-state index in [9.17, 15) is 4.21 Å². The molecule has 0 aromatic rings. The fourth-order valence-electron chi connectivity index (χ4n) is 1.95. The fraction of sp³-hybridized carbons (Fsp3) is 0.900. The summed E-state index contributed by atoms with van der Waals surface area (Å²) in [6.07, 6.45) is 2.66. The first kappa shape index (κ1) is 13.0. The van der Waals surface area contributed by atoms with Gasteiger partial charge in [0.1, 0.15) is 0 Å². The van der Waals surface area contributed by atoms with E-state index in [1.54, 1.807) is 6.26 Å². The van der Waals surface area contributed by atoms with Gasteiger partial charge in [0.15, 0.2) is 0 Å². The molecule has 1 heterocycles. The van der Waals surface area contributed by atoms with Crippen molar-refractivity contribution >= 4 is 15.6 Å². The summed E-state index contributed by atoms with van der Waals surface area (Å²) in [7, 11) is 3.83. The van der Waals surface area contributed by atoms with Crippen molar-refractivity contribution in [2.24, 2.45) is 0 Å². The molecule has 5 heteroatoms. The van der Waals surface area contributed by atoms with Gasteiger partial charge in [0.2, 0.25) is 0 Å². The summed E-state index contributed by atoms with van der Waals surface area (Å²) in [5, 5.41) is 0. The van der Waals surface area contributed by atoms with E-state index in [0.717, 1.165) is 13.0 Å². The fourth-order valence-corrected chi connectivity index (χ4v) is 2.72. The van der Waals surface area contributed by atoms with Crippen molar-refractivity contribution in [3.8, 4) is 0 Å². The Morgan fingerprint density at radius 2 is 1.93 bits per heavy atom. The van der Waals surface area contributed by atoms with Gasteiger partial charge < -0.3 is 9.64 Å². The maximum atomic E-state index is 11.9. The van der Waals surface area contributed by atoms with Crippen LogP contribution in [0.2, 0.25) is 0 Å². The molecule has 0 spiro atoms. The van der Waals surface area contributed by atoms with Crippen molar-refractivity contribution in [1.82, 2.24) is 9.21 Å². The van der Waals surface area contributed by atoms with Crippen molar-refractivity contribution < 1.29 is 8.95 Å². The molecular formula is C10H22N2O2S. The molecule has 90 valence electrons. The molecule has 4 nitrogen and oxygen atoms in total. The zero-order valence-electron chi connectivity index (χ0n) is 10.1. The van der Waals surface area contributed by atoms with Crippen LogP contribution in [0, 0.1) is 0 Å². The average molecular weight is 234 g/mol. The highest BCUT2D eigenvalue weighted by Gasteiger charge is 2.32. The summed E-state index contributed by atoms with van der Waals surface area (Å²) in [4.78, 5) is 2.18. The number of ether oxygens (including phenoxy) is 1. The van der Waals surface area contributed by atoms with Gasteiger partial charge in [0.05, 0.1) is 12.6 Å². The summed E-state index contributed by atoms with van der Waals surface area (Å²) < 4.78 is 19.2. The zero-order chi connectivity index (χ0) is 11.6. The van der Waals surface area contributed by atoms with Crippen molar-refractivity contribution in [3.05, 3.63) is 0 Å². The number of nitrogens with zero attached hydrogens (tertiary/aromatic N) is 2. The lowest BCUT2D eigenvalue weighted by molar-refractivity contribution is 0.00245. The minimum atomic E-state index is -2.14. The third kappa shape index (κ3) is 3.17. The zero-order valence-corrected chi connectivity index (χ0v) is 10.9. The Morgan fingerprint density at radius 3 is 2.40 bits per heavy atom. The Balaban J connectivity index is 2.81. The molecule has 0 bridgehead atoms. The maximum Gasteiger partial charge on any atom is 0.0647 e. The summed E-state index contributed by atoms with van der Waals surface area (Å²) in [6.45, 7) is 1.43. The van der Waals surface area contributed by atoms with Gasteiger partial charge in [0.25, 0.3) is 0 Å². The van der Waals surface area contributed by atoms with E-state index < -0.39 is 9.71 Å². The molecule has 0 aromatic carbocycles. The lowest BCUT2D eigenvalue weighted by Crippen LogP contribution is -2.54. The van der Waals surface area contributed by atoms with Crippen LogP contribution in [0.1, 0.15) is 6.42 Å². The summed E-state index contributed by atoms with van der Waals surface area (Å²) >= 11 is 0. The third-order valence-corrected chi connectivity index (χ3v) is 4.52. The van der Waals surface area contributed by atoms with Crippen molar-refractivity contribution in [1.29, 1.82) is 0 Å². The van der Waals surface area contributed by atoms with Crippen LogP contribution in [0.5, 0.6) is 0 Å². The largest absolute Gasteiger partial charge is 0.380 e. The van der Waals surface area contributed by atoms with Crippen LogP contribution in [-0.4, -0.2) is 72.0 Å². The van der Waals surface area contributed by atoms with E-state index in [-0.39, 0.29) is 6.04 Å². The molecule has 0 amide bonds. The first-order valence-corrected chi connectivity index (χ1v) is 7.22. The molecule has 0 aliphatic carbocycles. The van der Waals surface area contributed by atoms with Gasteiger partial charge in [-0.25, -0.2) is 4.31 Å². The van der Waals surface area contributed by atoms with Crippen LogP contribution in [0.15, 0.2) is 0 Å². The van der Waals surface area contributed by atoms with Crippen molar-refractivity contribution in [2.45, 2.75) is 18.5 Å². The Kier molecular flexibility index (Phi) is 4.17. The van der Waals surface area contributed by atoms with E-state index in [2.05, 4.69) is 24.9 Å². The van der Waals surface area contributed by atoms with Gasteiger partial charge in [-0.05, 0) is 33.4 Å². The second-order valence-electron chi connectivity index (χ2n) is 4.47. The van der Waals surface area contributed by atoms with E-state index in [1.807, 2.05) is 11.4 Å². The highest BCUT2D eigenvalue weighted by molar-refractivity contribution is 7.97. The number of hydrogen-bond acceptors (Lipinski definition) is 3. The highest BCUT2D eigenvalue weighted by Crippen LogP contribution is 2.18. The van der Waals surface area contributed by atoms with Crippen LogP contribution in [-0.2, 0) is 14.4 Å². The molecule has 3 atom stereocenters. The topological polar surface area (TPSA) is 32.8 Å². The summed E-state index contributed by atoms with van der Waals surface area (Å²) in [6, 6.07) is 0.565. The normalized spacial score (nSPS) is 31.9. The minimum absolute atomic E-state index is 0.170.